The van der Waals surface area contributed by atoms with Gasteiger partial charge in [0.05, 0.1) is 0 Å². The summed E-state index contributed by atoms with van der Waals surface area (Å²) in [6.45, 7) is 3.46. The summed E-state index contributed by atoms with van der Waals surface area (Å²) in [7, 11) is 2.07. The number of hydrogen-bond donors (Lipinski definition) is 2. The van der Waals surface area contributed by atoms with E-state index in [0.29, 0.717) is 11.5 Å². The maximum atomic E-state index is 12.3. The molecular weight excluding hydrogens is 230 g/mol. The van der Waals surface area contributed by atoms with Crippen molar-refractivity contribution in [2.75, 3.05) is 38.7 Å². The molecule has 6 heteroatoms. The monoisotopic (exact) mass is 249 g/mol. The van der Waals surface area contributed by atoms with E-state index in [1.807, 2.05) is 4.90 Å². The summed E-state index contributed by atoms with van der Waals surface area (Å²) in [5.74, 6) is 5.78. The van der Waals surface area contributed by atoms with Gasteiger partial charge in [0.1, 0.15) is 11.5 Å². The molecule has 1 aliphatic heterocycles. The zero-order valence-corrected chi connectivity index (χ0v) is 10.6. The molecule has 0 radical (unpaired) electrons. The Hall–Kier alpha value is -1.66. The molecule has 0 saturated carbocycles. The smallest absolute Gasteiger partial charge is 0.272 e. The van der Waals surface area contributed by atoms with Crippen LogP contribution >= 0.6 is 0 Å². The molecule has 18 heavy (non-hydrogen) atoms. The largest absolute Gasteiger partial charge is 0.336 e. The summed E-state index contributed by atoms with van der Waals surface area (Å²) in [5.41, 5.74) is 2.89. The van der Waals surface area contributed by atoms with Crippen molar-refractivity contribution in [1.29, 1.82) is 0 Å². The quantitative estimate of drug-likeness (QED) is 0.576. The van der Waals surface area contributed by atoms with Gasteiger partial charge in [-0.2, -0.15) is 0 Å². The highest BCUT2D eigenvalue weighted by atomic mass is 16.2. The Morgan fingerprint density at radius 2 is 2.17 bits per heavy atom. The van der Waals surface area contributed by atoms with Gasteiger partial charge in [-0.3, -0.25) is 4.79 Å². The number of pyridine rings is 1. The van der Waals surface area contributed by atoms with Crippen molar-refractivity contribution in [2.24, 2.45) is 5.84 Å². The number of nitrogens with two attached hydrogens (primary N) is 1. The Balaban J connectivity index is 2.09. The van der Waals surface area contributed by atoms with Gasteiger partial charge in [0.25, 0.3) is 5.91 Å². The van der Waals surface area contributed by atoms with E-state index in [0.717, 1.165) is 32.6 Å². The van der Waals surface area contributed by atoms with Crippen molar-refractivity contribution >= 4 is 11.7 Å². The third-order valence-electron chi connectivity index (χ3n) is 3.12. The van der Waals surface area contributed by atoms with Crippen LogP contribution in [0.4, 0.5) is 5.82 Å². The first-order valence-electron chi connectivity index (χ1n) is 6.12. The second-order valence-corrected chi connectivity index (χ2v) is 4.50. The molecule has 2 rings (SSSR count). The Kier molecular flexibility index (Phi) is 4.11. The van der Waals surface area contributed by atoms with E-state index in [-0.39, 0.29) is 5.91 Å². The minimum absolute atomic E-state index is 0.0256. The van der Waals surface area contributed by atoms with Crippen molar-refractivity contribution < 1.29 is 4.79 Å². The Morgan fingerprint density at radius 3 is 2.94 bits per heavy atom. The predicted molar refractivity (Wildman–Crippen MR) is 70.1 cm³/mol. The van der Waals surface area contributed by atoms with Crippen molar-refractivity contribution in [3.8, 4) is 0 Å². The van der Waals surface area contributed by atoms with Crippen LogP contribution in [0, 0.1) is 0 Å². The number of nitrogens with zero attached hydrogens (tertiary/aromatic N) is 3. The molecule has 0 spiro atoms. The summed E-state index contributed by atoms with van der Waals surface area (Å²) in [4.78, 5) is 20.6. The third-order valence-corrected chi connectivity index (χ3v) is 3.12. The van der Waals surface area contributed by atoms with Gasteiger partial charge in [0.15, 0.2) is 0 Å². The molecule has 1 aromatic heterocycles. The molecular formula is C12H19N5O. The van der Waals surface area contributed by atoms with Gasteiger partial charge < -0.3 is 15.2 Å². The maximum absolute atomic E-state index is 12.3. The molecule has 0 bridgehead atoms. The number of aromatic nitrogens is 1. The first-order valence-corrected chi connectivity index (χ1v) is 6.12. The normalized spacial score (nSPS) is 17.3. The number of likely N-dealkylation sites (N-methyl/N-ethyl adjacent to an activating group) is 1. The predicted octanol–water partition coefficient (Wildman–Crippen LogP) is 0.145. The number of hydrogen-bond acceptors (Lipinski definition) is 5. The summed E-state index contributed by atoms with van der Waals surface area (Å²) in [6.07, 6.45) is 0.997. The van der Waals surface area contributed by atoms with Crippen molar-refractivity contribution in [3.63, 3.8) is 0 Å². The van der Waals surface area contributed by atoms with Gasteiger partial charge in [-0.25, -0.2) is 10.8 Å². The van der Waals surface area contributed by atoms with Gasteiger partial charge in [0, 0.05) is 19.6 Å². The summed E-state index contributed by atoms with van der Waals surface area (Å²) >= 11 is 0. The molecule has 0 aromatic carbocycles. The lowest BCUT2D eigenvalue weighted by Crippen LogP contribution is -2.35. The van der Waals surface area contributed by atoms with Crippen LogP contribution in [0.15, 0.2) is 18.2 Å². The lowest BCUT2D eigenvalue weighted by molar-refractivity contribution is 0.0757. The number of carbonyl (C=O) groups excluding carboxylic acids is 1. The van der Waals surface area contributed by atoms with Crippen LogP contribution in [0.25, 0.3) is 0 Å². The van der Waals surface area contributed by atoms with E-state index in [1.54, 1.807) is 18.2 Å². The van der Waals surface area contributed by atoms with Gasteiger partial charge in [-0.1, -0.05) is 6.07 Å². The number of nitrogen functional groups attached to an aromatic ring is 1. The highest BCUT2D eigenvalue weighted by Crippen LogP contribution is 2.09. The van der Waals surface area contributed by atoms with E-state index in [4.69, 9.17) is 5.84 Å². The first-order chi connectivity index (χ1) is 8.70. The molecule has 6 nitrogen and oxygen atoms in total. The van der Waals surface area contributed by atoms with E-state index >= 15 is 0 Å². The zero-order chi connectivity index (χ0) is 13.0. The highest BCUT2D eigenvalue weighted by Gasteiger charge is 2.19. The summed E-state index contributed by atoms with van der Waals surface area (Å²) in [5, 5.41) is 0. The molecule has 1 aliphatic rings. The number of nitrogens with one attached hydrogen (secondary N) is 1. The van der Waals surface area contributed by atoms with Crippen LogP contribution in [0.2, 0.25) is 0 Å². The van der Waals surface area contributed by atoms with Crippen LogP contribution in [-0.4, -0.2) is 53.9 Å². The number of amides is 1. The van der Waals surface area contributed by atoms with Crippen molar-refractivity contribution in [2.45, 2.75) is 6.42 Å². The minimum Gasteiger partial charge on any atom is -0.336 e. The van der Waals surface area contributed by atoms with Gasteiger partial charge in [-0.05, 0) is 32.1 Å². The average molecular weight is 249 g/mol. The minimum atomic E-state index is -0.0256. The molecule has 1 fully saturated rings. The lowest BCUT2D eigenvalue weighted by Gasteiger charge is -2.20. The van der Waals surface area contributed by atoms with Crippen LogP contribution in [0.3, 0.4) is 0 Å². The first kappa shape index (κ1) is 12.8. The standard InChI is InChI=1S/C12H19N5O/c1-16-6-3-7-17(9-8-16)12(18)10-4-2-5-11(14-10)15-13/h2,4-5H,3,6-9,13H2,1H3,(H,14,15). The van der Waals surface area contributed by atoms with Gasteiger partial charge in [-0.15, -0.1) is 0 Å². The molecule has 1 amide bonds. The third kappa shape index (κ3) is 2.96. The maximum Gasteiger partial charge on any atom is 0.272 e. The molecule has 0 atom stereocenters. The van der Waals surface area contributed by atoms with Crippen LogP contribution in [0.5, 0.6) is 0 Å². The van der Waals surface area contributed by atoms with Crippen molar-refractivity contribution in [3.05, 3.63) is 23.9 Å². The highest BCUT2D eigenvalue weighted by molar-refractivity contribution is 5.92. The van der Waals surface area contributed by atoms with Crippen LogP contribution in [-0.2, 0) is 0 Å². The van der Waals surface area contributed by atoms with Crippen LogP contribution < -0.4 is 11.3 Å². The van der Waals surface area contributed by atoms with Gasteiger partial charge in [0.2, 0.25) is 0 Å². The van der Waals surface area contributed by atoms with Crippen molar-refractivity contribution in [1.82, 2.24) is 14.8 Å². The molecule has 1 saturated heterocycles. The van der Waals surface area contributed by atoms with E-state index in [1.165, 1.54) is 0 Å². The van der Waals surface area contributed by atoms with Gasteiger partial charge >= 0.3 is 0 Å². The molecule has 98 valence electrons. The van der Waals surface area contributed by atoms with E-state index in [9.17, 15) is 4.79 Å². The number of anilines is 1. The molecule has 0 unspecified atom stereocenters. The Labute approximate surface area is 107 Å². The number of rotatable bonds is 2. The Morgan fingerprint density at radius 1 is 1.33 bits per heavy atom. The Bertz CT molecular complexity index is 423. The fourth-order valence-electron chi connectivity index (χ4n) is 2.05. The summed E-state index contributed by atoms with van der Waals surface area (Å²) < 4.78 is 0. The van der Waals surface area contributed by atoms with E-state index < -0.39 is 0 Å². The van der Waals surface area contributed by atoms with Crippen LogP contribution in [0.1, 0.15) is 16.9 Å². The average Bonchev–Trinajstić information content (AvgIpc) is 2.63. The second kappa shape index (κ2) is 5.79. The topological polar surface area (TPSA) is 74.5 Å². The summed E-state index contributed by atoms with van der Waals surface area (Å²) in [6, 6.07) is 5.23. The number of hydrazine groups is 1. The molecule has 3 N–H and O–H groups in total. The van der Waals surface area contributed by atoms with E-state index in [2.05, 4.69) is 22.4 Å². The fraction of sp³-hybridized carbons (Fsp3) is 0.500. The number of carbonyl (C=O) groups is 1. The second-order valence-electron chi connectivity index (χ2n) is 4.50. The lowest BCUT2D eigenvalue weighted by atomic mass is 10.3. The fourth-order valence-corrected chi connectivity index (χ4v) is 2.05. The molecule has 1 aromatic rings. The SMILES string of the molecule is CN1CCCN(C(=O)c2cccc(NN)n2)CC1. The molecule has 2 heterocycles. The zero-order valence-electron chi connectivity index (χ0n) is 10.6. The molecule has 0 aliphatic carbocycles.